The molecule has 0 atom stereocenters. The van der Waals surface area contributed by atoms with Gasteiger partial charge in [0.25, 0.3) is 5.56 Å². The number of rotatable bonds is 8. The van der Waals surface area contributed by atoms with Crippen molar-refractivity contribution in [1.29, 1.82) is 0 Å². The molecule has 4 heterocycles. The average Bonchev–Trinajstić information content (AvgIpc) is 3.07. The summed E-state index contributed by atoms with van der Waals surface area (Å²) in [5.41, 5.74) is 1.66. The van der Waals surface area contributed by atoms with Crippen molar-refractivity contribution in [3.8, 4) is 17.1 Å². The van der Waals surface area contributed by atoms with Crippen LogP contribution in [-0.2, 0) is 23.5 Å². The summed E-state index contributed by atoms with van der Waals surface area (Å²) in [5, 5.41) is 14.0. The Labute approximate surface area is 203 Å². The number of hydrogen-bond donors (Lipinski definition) is 2. The number of nitrogens with zero attached hydrogens (tertiary/aromatic N) is 5. The number of nitrogens with one attached hydrogen (secondary N) is 1. The second kappa shape index (κ2) is 9.01. The highest BCUT2D eigenvalue weighted by molar-refractivity contribution is 7.89. The first kappa shape index (κ1) is 23.9. The van der Waals surface area contributed by atoms with E-state index < -0.39 is 10.0 Å². The summed E-state index contributed by atoms with van der Waals surface area (Å²) in [6, 6.07) is 4.77. The normalized spacial score (nSPS) is 18.1. The second-order valence-corrected chi connectivity index (χ2v) is 11.0. The maximum Gasteiger partial charge on any atom is 0.277 e. The summed E-state index contributed by atoms with van der Waals surface area (Å²) in [6.45, 7) is 6.17. The van der Waals surface area contributed by atoms with Crippen LogP contribution in [0.3, 0.4) is 0 Å². The Morgan fingerprint density at radius 1 is 1.20 bits per heavy atom. The molecule has 2 aliphatic heterocycles. The molecule has 2 N–H and O–H groups in total. The number of likely N-dealkylation sites (tertiary alicyclic amines) is 1. The van der Waals surface area contributed by atoms with Gasteiger partial charge in [-0.3, -0.25) is 14.4 Å². The molecule has 188 valence electrons. The van der Waals surface area contributed by atoms with E-state index in [0.717, 1.165) is 12.1 Å². The van der Waals surface area contributed by atoms with E-state index in [0.29, 0.717) is 61.6 Å². The maximum atomic E-state index is 13.3. The summed E-state index contributed by atoms with van der Waals surface area (Å²) in [6.07, 6.45) is 1.20. The number of aliphatic hydroxyl groups excluding tert-OH is 1. The summed E-state index contributed by atoms with van der Waals surface area (Å²) in [5.74, 6) is 0.676. The van der Waals surface area contributed by atoms with Crippen molar-refractivity contribution in [1.82, 2.24) is 29.0 Å². The van der Waals surface area contributed by atoms with E-state index in [1.165, 1.54) is 21.1 Å². The van der Waals surface area contributed by atoms with Gasteiger partial charge in [-0.1, -0.05) is 13.3 Å². The lowest BCUT2D eigenvalue weighted by molar-refractivity contribution is -0.0529. The molecule has 0 bridgehead atoms. The Balaban J connectivity index is 1.52. The van der Waals surface area contributed by atoms with E-state index in [4.69, 9.17) is 9.72 Å². The molecule has 1 aromatic carbocycles. The average molecular weight is 503 g/mol. The van der Waals surface area contributed by atoms with E-state index in [2.05, 4.69) is 15.0 Å². The van der Waals surface area contributed by atoms with Crippen molar-refractivity contribution >= 4 is 21.1 Å². The van der Waals surface area contributed by atoms with E-state index in [-0.39, 0.29) is 28.4 Å². The number of aliphatic hydroxyl groups is 1. The quantitative estimate of drug-likeness (QED) is 0.460. The Hall–Kier alpha value is -2.80. The Morgan fingerprint density at radius 3 is 2.60 bits per heavy atom. The van der Waals surface area contributed by atoms with Crippen LogP contribution in [0.5, 0.6) is 5.75 Å². The lowest BCUT2D eigenvalue weighted by Gasteiger charge is -2.49. The molecule has 0 unspecified atom stereocenters. The van der Waals surface area contributed by atoms with Crippen LogP contribution in [0.4, 0.5) is 0 Å². The number of ether oxygens (including phenoxy) is 1. The van der Waals surface area contributed by atoms with Crippen LogP contribution >= 0.6 is 0 Å². The number of hydrogen-bond acceptors (Lipinski definition) is 8. The molecule has 0 spiro atoms. The van der Waals surface area contributed by atoms with Crippen molar-refractivity contribution in [2.45, 2.75) is 43.7 Å². The first-order chi connectivity index (χ1) is 16.7. The largest absolute Gasteiger partial charge is 0.493 e. The van der Waals surface area contributed by atoms with Gasteiger partial charge in [-0.25, -0.2) is 13.4 Å². The Bertz CT molecular complexity index is 1420. The Morgan fingerprint density at radius 2 is 1.94 bits per heavy atom. The highest BCUT2D eigenvalue weighted by Crippen LogP contribution is 2.34. The van der Waals surface area contributed by atoms with Gasteiger partial charge in [-0.15, -0.1) is 0 Å². The topological polar surface area (TPSA) is 134 Å². The zero-order valence-electron chi connectivity index (χ0n) is 20.1. The molecule has 0 amide bonds. The number of aromatic nitrogens is 4. The minimum atomic E-state index is -3.74. The standard InChI is InChI=1S/C23H30N6O5S/c1-4-6-18-20-21(27(3)26-18)23(31)25-22(24-20)17-9-16(7-8-19(17)34-5-2)35(32,33)29-10-14(11-29)28-12-15(30)13-28/h7-9,14-15,30H,4-6,10-13H2,1-3H3,(H,24,25,31). The van der Waals surface area contributed by atoms with Crippen molar-refractivity contribution < 1.29 is 18.3 Å². The fourth-order valence-corrected chi connectivity index (χ4v) is 6.24. The summed E-state index contributed by atoms with van der Waals surface area (Å²) < 4.78 is 35.4. The van der Waals surface area contributed by atoms with Crippen LogP contribution in [0.1, 0.15) is 26.0 Å². The maximum absolute atomic E-state index is 13.3. The van der Waals surface area contributed by atoms with Gasteiger partial charge in [0.05, 0.1) is 28.9 Å². The molecule has 5 rings (SSSR count). The van der Waals surface area contributed by atoms with Crippen molar-refractivity contribution in [2.24, 2.45) is 7.05 Å². The van der Waals surface area contributed by atoms with Gasteiger partial charge < -0.3 is 14.8 Å². The fraction of sp³-hybridized carbons (Fsp3) is 0.522. The molecule has 0 saturated carbocycles. The number of fused-ring (bicyclic) bond motifs is 1. The van der Waals surface area contributed by atoms with Gasteiger partial charge in [0.15, 0.2) is 5.52 Å². The lowest BCUT2D eigenvalue weighted by atomic mass is 10.0. The number of aryl methyl sites for hydroxylation is 2. The predicted molar refractivity (Wildman–Crippen MR) is 130 cm³/mol. The highest BCUT2D eigenvalue weighted by Gasteiger charge is 2.43. The third-order valence-electron chi connectivity index (χ3n) is 6.63. The van der Waals surface area contributed by atoms with Crippen LogP contribution in [0.15, 0.2) is 27.9 Å². The minimum absolute atomic E-state index is 0.112. The minimum Gasteiger partial charge on any atom is -0.493 e. The van der Waals surface area contributed by atoms with Crippen LogP contribution in [0.2, 0.25) is 0 Å². The molecule has 3 aromatic rings. The van der Waals surface area contributed by atoms with Crippen molar-refractivity contribution in [3.05, 3.63) is 34.2 Å². The third kappa shape index (κ3) is 4.14. The molecule has 2 aromatic heterocycles. The monoisotopic (exact) mass is 502 g/mol. The molecule has 0 aliphatic carbocycles. The molecule has 11 nitrogen and oxygen atoms in total. The van der Waals surface area contributed by atoms with Crippen LogP contribution in [-0.4, -0.2) is 87.4 Å². The highest BCUT2D eigenvalue weighted by atomic mass is 32.2. The zero-order valence-corrected chi connectivity index (χ0v) is 20.9. The summed E-state index contributed by atoms with van der Waals surface area (Å²) in [4.78, 5) is 22.6. The smallest absolute Gasteiger partial charge is 0.277 e. The summed E-state index contributed by atoms with van der Waals surface area (Å²) >= 11 is 0. The van der Waals surface area contributed by atoms with Crippen molar-refractivity contribution in [3.63, 3.8) is 0 Å². The van der Waals surface area contributed by atoms with E-state index in [1.807, 2.05) is 13.8 Å². The number of H-pyrrole nitrogens is 1. The van der Waals surface area contributed by atoms with Crippen LogP contribution in [0, 0.1) is 0 Å². The zero-order chi connectivity index (χ0) is 24.9. The molecule has 2 fully saturated rings. The fourth-order valence-electron chi connectivity index (χ4n) is 4.69. The molecule has 2 aliphatic rings. The van der Waals surface area contributed by atoms with Gasteiger partial charge in [-0.05, 0) is 31.5 Å². The van der Waals surface area contributed by atoms with Gasteiger partial charge in [0, 0.05) is 39.3 Å². The van der Waals surface area contributed by atoms with Crippen LogP contribution < -0.4 is 10.3 Å². The summed E-state index contributed by atoms with van der Waals surface area (Å²) in [7, 11) is -2.03. The molecule has 2 saturated heterocycles. The number of β-amino-alcohol motifs (C(OH)–C–C–N with tert-alkyl or cyclic N) is 1. The number of aromatic amines is 1. The third-order valence-corrected chi connectivity index (χ3v) is 8.46. The van der Waals surface area contributed by atoms with Crippen molar-refractivity contribution in [2.75, 3.05) is 32.8 Å². The van der Waals surface area contributed by atoms with Gasteiger partial charge in [0.1, 0.15) is 17.1 Å². The van der Waals surface area contributed by atoms with Gasteiger partial charge in [0.2, 0.25) is 10.0 Å². The second-order valence-electron chi connectivity index (χ2n) is 9.11. The van der Waals surface area contributed by atoms with Gasteiger partial charge in [-0.2, -0.15) is 9.40 Å². The Kier molecular flexibility index (Phi) is 6.16. The first-order valence-corrected chi connectivity index (χ1v) is 13.3. The van der Waals surface area contributed by atoms with Gasteiger partial charge >= 0.3 is 0 Å². The first-order valence-electron chi connectivity index (χ1n) is 11.9. The molecular formula is C23H30N6O5S. The van der Waals surface area contributed by atoms with Crippen LogP contribution in [0.25, 0.3) is 22.4 Å². The van der Waals surface area contributed by atoms with E-state index in [1.54, 1.807) is 13.1 Å². The SMILES string of the molecule is CCCc1nn(C)c2c(=O)[nH]c(-c3cc(S(=O)(=O)N4CC(N5CC(O)C5)C4)ccc3OCC)nc12. The molecule has 35 heavy (non-hydrogen) atoms. The van der Waals surface area contributed by atoms with E-state index >= 15 is 0 Å². The number of benzene rings is 1. The number of sulfonamides is 1. The lowest BCUT2D eigenvalue weighted by Crippen LogP contribution is -2.67. The van der Waals surface area contributed by atoms with E-state index in [9.17, 15) is 18.3 Å². The molecule has 12 heteroatoms. The predicted octanol–water partition coefficient (Wildman–Crippen LogP) is 0.724. The molecule has 0 radical (unpaired) electrons. The molecular weight excluding hydrogens is 472 g/mol.